The summed E-state index contributed by atoms with van der Waals surface area (Å²) in [4.78, 5) is 39.4. The summed E-state index contributed by atoms with van der Waals surface area (Å²) in [5.41, 5.74) is 2.17. The quantitative estimate of drug-likeness (QED) is 0.0437. The third-order valence-corrected chi connectivity index (χ3v) is 8.87. The van der Waals surface area contributed by atoms with Gasteiger partial charge in [-0.1, -0.05) is 85.3 Å². The van der Waals surface area contributed by atoms with Crippen LogP contribution in [0.1, 0.15) is 76.7 Å². The van der Waals surface area contributed by atoms with Crippen LogP contribution in [0.3, 0.4) is 0 Å². The number of unbranched alkanes of at least 4 members (excludes halogenated alkanes) is 3. The van der Waals surface area contributed by atoms with E-state index >= 15 is 0 Å². The lowest BCUT2D eigenvalue weighted by Crippen LogP contribution is -2.45. The zero-order valence-electron chi connectivity index (χ0n) is 28.0. The molecule has 11 heteroatoms. The Balaban J connectivity index is 1.42. The zero-order valence-corrected chi connectivity index (χ0v) is 28.0. The maximum Gasteiger partial charge on any atom is 0.494 e. The summed E-state index contributed by atoms with van der Waals surface area (Å²) < 4.78 is 19.1. The van der Waals surface area contributed by atoms with E-state index in [0.29, 0.717) is 38.6 Å². The maximum absolute atomic E-state index is 12.9. The van der Waals surface area contributed by atoms with E-state index in [1.807, 2.05) is 61.5 Å². The second-order valence-electron chi connectivity index (χ2n) is 12.4. The van der Waals surface area contributed by atoms with Gasteiger partial charge in [0.2, 0.25) is 5.91 Å². The van der Waals surface area contributed by atoms with Crippen molar-refractivity contribution in [3.63, 3.8) is 0 Å². The molecule has 48 heavy (non-hydrogen) atoms. The van der Waals surface area contributed by atoms with Crippen molar-refractivity contribution in [3.8, 4) is 0 Å². The second kappa shape index (κ2) is 20.4. The monoisotopic (exact) mass is 660 g/mol. The molecule has 1 saturated heterocycles. The summed E-state index contributed by atoms with van der Waals surface area (Å²) in [5, 5.41) is 12.4. The van der Waals surface area contributed by atoms with Gasteiger partial charge in [0.25, 0.3) is 5.09 Å². The Bertz CT molecular complexity index is 1330. The maximum atomic E-state index is 12.9. The average Bonchev–Trinajstić information content (AvgIpc) is 3.33. The highest BCUT2D eigenvalue weighted by Crippen LogP contribution is 2.43. The molecule has 4 rings (SSSR count). The molecule has 2 aliphatic rings. The molecule has 2 fully saturated rings. The molecule has 0 radical (unpaired) electrons. The Hall–Kier alpha value is -3.96. The number of nitrogens with zero attached hydrogens (tertiary/aromatic N) is 1. The van der Waals surface area contributed by atoms with E-state index in [0.717, 1.165) is 37.6 Å². The standard InChI is InChI=1S/C37H49BN2O8/c1-2-39-36(41)21-13-4-3-12-20-32-33(35-28-34(32)47-38(48-35)30-18-10-6-11-19-30)26-25-31(24-23-29-16-8-5-9-17-29)46-37(42)22-14-7-15-27-45-40(43)44/h3,5-6,8-12,16-19,25-26,31-35H,2,4,7,13-15,20-24,27-28H2,1H3,(H,39,41)/b12-3-,26-25+/t31-,32+,33+,34-,35+/m0/s1. The zero-order chi connectivity index (χ0) is 34.0. The van der Waals surface area contributed by atoms with Gasteiger partial charge < -0.3 is 24.2 Å². The molecule has 1 saturated carbocycles. The van der Waals surface area contributed by atoms with Crippen molar-refractivity contribution in [1.82, 2.24) is 5.32 Å². The molecule has 1 aliphatic heterocycles. The van der Waals surface area contributed by atoms with Gasteiger partial charge in [-0.05, 0) is 81.3 Å². The number of allylic oxidation sites excluding steroid dienone is 2. The van der Waals surface area contributed by atoms with Crippen molar-refractivity contribution >= 4 is 24.5 Å². The number of hydrogen-bond acceptors (Lipinski definition) is 8. The van der Waals surface area contributed by atoms with Crippen LogP contribution in [0.5, 0.6) is 0 Å². The van der Waals surface area contributed by atoms with Crippen LogP contribution in [0.2, 0.25) is 0 Å². The first-order valence-electron chi connectivity index (χ1n) is 17.4. The number of esters is 1. The normalized spacial score (nSPS) is 21.0. The molecule has 1 amide bonds. The van der Waals surface area contributed by atoms with Crippen molar-refractivity contribution in [2.45, 2.75) is 95.9 Å². The minimum Gasteiger partial charge on any atom is -0.458 e. The third kappa shape index (κ3) is 12.6. The predicted octanol–water partition coefficient (Wildman–Crippen LogP) is 5.92. The summed E-state index contributed by atoms with van der Waals surface area (Å²) in [6.07, 6.45) is 15.3. The Morgan fingerprint density at radius 1 is 1.00 bits per heavy atom. The van der Waals surface area contributed by atoms with Gasteiger partial charge in [-0.25, -0.2) is 0 Å². The number of hydrogen-bond donors (Lipinski definition) is 1. The molecule has 1 heterocycles. The van der Waals surface area contributed by atoms with Crippen LogP contribution >= 0.6 is 0 Å². The molecule has 1 aliphatic carbocycles. The lowest BCUT2D eigenvalue weighted by molar-refractivity contribution is -0.757. The minimum absolute atomic E-state index is 0.0215. The molecule has 0 spiro atoms. The van der Waals surface area contributed by atoms with Crippen molar-refractivity contribution in [2.75, 3.05) is 13.2 Å². The van der Waals surface area contributed by atoms with E-state index in [2.05, 4.69) is 40.5 Å². The largest absolute Gasteiger partial charge is 0.494 e. The van der Waals surface area contributed by atoms with Gasteiger partial charge in [-0.2, -0.15) is 0 Å². The van der Waals surface area contributed by atoms with Crippen LogP contribution in [0, 0.1) is 22.0 Å². The lowest BCUT2D eigenvalue weighted by Gasteiger charge is -2.28. The molecule has 2 bridgehead atoms. The predicted molar refractivity (Wildman–Crippen MR) is 185 cm³/mol. The van der Waals surface area contributed by atoms with Gasteiger partial charge in [-0.3, -0.25) is 9.59 Å². The molecular formula is C37H49BN2O8. The van der Waals surface area contributed by atoms with Crippen molar-refractivity contribution in [1.29, 1.82) is 0 Å². The molecule has 1 N–H and O–H groups in total. The van der Waals surface area contributed by atoms with E-state index in [9.17, 15) is 19.7 Å². The average molecular weight is 661 g/mol. The number of benzene rings is 2. The summed E-state index contributed by atoms with van der Waals surface area (Å²) in [6, 6.07) is 20.2. The molecule has 258 valence electrons. The molecule has 2 aromatic rings. The summed E-state index contributed by atoms with van der Waals surface area (Å²) in [5.74, 6) is 0.0616. The van der Waals surface area contributed by atoms with Crippen LogP contribution in [0.4, 0.5) is 0 Å². The number of nitrogens with one attached hydrogen (secondary N) is 1. The van der Waals surface area contributed by atoms with Gasteiger partial charge in [-0.15, -0.1) is 10.1 Å². The number of ether oxygens (including phenoxy) is 1. The van der Waals surface area contributed by atoms with Gasteiger partial charge in [0.15, 0.2) is 0 Å². The molecule has 0 aromatic heterocycles. The number of carbonyl (C=O) groups excluding carboxylic acids is 2. The van der Waals surface area contributed by atoms with E-state index < -0.39 is 18.3 Å². The summed E-state index contributed by atoms with van der Waals surface area (Å²) in [7, 11) is -0.431. The van der Waals surface area contributed by atoms with Gasteiger partial charge in [0.1, 0.15) is 6.10 Å². The Kier molecular flexibility index (Phi) is 15.7. The number of fused-ring (bicyclic) bond motifs is 2. The van der Waals surface area contributed by atoms with Crippen LogP contribution in [0.15, 0.2) is 85.0 Å². The Morgan fingerprint density at radius 2 is 1.75 bits per heavy atom. The smallest absolute Gasteiger partial charge is 0.458 e. The Labute approximate surface area is 284 Å². The van der Waals surface area contributed by atoms with Crippen LogP contribution in [0.25, 0.3) is 0 Å². The lowest BCUT2D eigenvalue weighted by atomic mass is 9.77. The molecule has 2 aromatic carbocycles. The van der Waals surface area contributed by atoms with Crippen molar-refractivity contribution in [3.05, 3.63) is 101 Å². The first-order chi connectivity index (χ1) is 23.4. The SMILES string of the molecule is CCNC(=O)CCC/C=C\C[C@@H]1[C@@H](/C=C/[C@H](CCc2ccccc2)OC(=O)CCCCCO[N+](=O)[O-])[C@H]2C[C@@H]1OB(c1ccccc1)O2. The first-order valence-corrected chi connectivity index (χ1v) is 17.4. The first kappa shape index (κ1) is 36.9. The van der Waals surface area contributed by atoms with Gasteiger partial charge >= 0.3 is 13.1 Å². The topological polar surface area (TPSA) is 126 Å². The van der Waals surface area contributed by atoms with E-state index in [1.54, 1.807) is 0 Å². The second-order valence-corrected chi connectivity index (χ2v) is 12.4. The summed E-state index contributed by atoms with van der Waals surface area (Å²) >= 11 is 0. The van der Waals surface area contributed by atoms with Gasteiger partial charge in [0.05, 0.1) is 12.7 Å². The molecule has 10 nitrogen and oxygen atoms in total. The third-order valence-electron chi connectivity index (χ3n) is 8.87. The Morgan fingerprint density at radius 3 is 2.50 bits per heavy atom. The van der Waals surface area contributed by atoms with Crippen LogP contribution in [-0.4, -0.2) is 55.5 Å². The fourth-order valence-corrected chi connectivity index (χ4v) is 6.43. The number of rotatable bonds is 21. The number of aryl methyl sites for hydroxylation is 1. The van der Waals surface area contributed by atoms with Crippen molar-refractivity contribution in [2.24, 2.45) is 11.8 Å². The van der Waals surface area contributed by atoms with E-state index in [4.69, 9.17) is 14.0 Å². The minimum atomic E-state index is -0.799. The summed E-state index contributed by atoms with van der Waals surface area (Å²) in [6.45, 7) is 2.60. The molecule has 5 atom stereocenters. The highest BCUT2D eigenvalue weighted by molar-refractivity contribution is 6.61. The molecular weight excluding hydrogens is 611 g/mol. The van der Waals surface area contributed by atoms with Crippen molar-refractivity contribution < 1.29 is 33.6 Å². The fourth-order valence-electron chi connectivity index (χ4n) is 6.43. The molecule has 0 unspecified atom stereocenters. The van der Waals surface area contributed by atoms with Gasteiger partial charge in [0, 0.05) is 31.4 Å². The fraction of sp³-hybridized carbons (Fsp3) is 0.514. The number of amides is 1. The van der Waals surface area contributed by atoms with E-state index in [-0.39, 0.29) is 48.9 Å². The highest BCUT2D eigenvalue weighted by atomic mass is 16.9. The van der Waals surface area contributed by atoms with E-state index in [1.165, 1.54) is 5.56 Å². The van der Waals surface area contributed by atoms with Crippen LogP contribution in [-0.2, 0) is 34.9 Å². The van der Waals surface area contributed by atoms with Crippen LogP contribution < -0.4 is 10.8 Å². The number of carbonyl (C=O) groups is 2. The highest BCUT2D eigenvalue weighted by Gasteiger charge is 2.50.